The van der Waals surface area contributed by atoms with Gasteiger partial charge in [-0.3, -0.25) is 0 Å². The van der Waals surface area contributed by atoms with Crippen LogP contribution in [0.1, 0.15) is 44.7 Å². The molecular formula is C13H20BrN. The first-order valence-corrected chi connectivity index (χ1v) is 6.40. The Kier molecular flexibility index (Phi) is 5.34. The lowest BCUT2D eigenvalue weighted by Crippen LogP contribution is -2.10. The zero-order chi connectivity index (χ0) is 11.3. The van der Waals surface area contributed by atoms with Crippen molar-refractivity contribution in [1.82, 2.24) is 0 Å². The van der Waals surface area contributed by atoms with Gasteiger partial charge in [0.15, 0.2) is 0 Å². The fourth-order valence-corrected chi connectivity index (χ4v) is 1.89. The fourth-order valence-electron chi connectivity index (χ4n) is 1.62. The van der Waals surface area contributed by atoms with Crippen LogP contribution in [0.15, 0.2) is 28.7 Å². The third-order valence-corrected chi connectivity index (χ3v) is 3.12. The molecule has 0 radical (unpaired) electrons. The van der Waals surface area contributed by atoms with Crippen LogP contribution in [0.5, 0.6) is 0 Å². The molecule has 84 valence electrons. The maximum Gasteiger partial charge on any atom is 0.0294 e. The molecule has 0 fully saturated rings. The monoisotopic (exact) mass is 269 g/mol. The molecule has 1 aromatic rings. The number of rotatable bonds is 5. The van der Waals surface area contributed by atoms with E-state index >= 15 is 0 Å². The lowest BCUT2D eigenvalue weighted by atomic mass is 9.99. The molecule has 0 saturated heterocycles. The highest BCUT2D eigenvalue weighted by Gasteiger charge is 2.05. The molecule has 15 heavy (non-hydrogen) atoms. The van der Waals surface area contributed by atoms with Gasteiger partial charge in [0.05, 0.1) is 0 Å². The van der Waals surface area contributed by atoms with Crippen LogP contribution in [0.3, 0.4) is 0 Å². The van der Waals surface area contributed by atoms with Crippen molar-refractivity contribution in [2.24, 2.45) is 11.7 Å². The highest BCUT2D eigenvalue weighted by molar-refractivity contribution is 9.10. The van der Waals surface area contributed by atoms with Crippen LogP contribution >= 0.6 is 15.9 Å². The summed E-state index contributed by atoms with van der Waals surface area (Å²) in [6.07, 6.45) is 3.57. The number of benzene rings is 1. The van der Waals surface area contributed by atoms with Gasteiger partial charge in [0.2, 0.25) is 0 Å². The topological polar surface area (TPSA) is 26.0 Å². The molecule has 2 N–H and O–H groups in total. The van der Waals surface area contributed by atoms with E-state index in [1.165, 1.54) is 18.4 Å². The van der Waals surface area contributed by atoms with Crippen molar-refractivity contribution in [2.75, 3.05) is 0 Å². The molecule has 0 heterocycles. The Balaban J connectivity index is 2.40. The first-order valence-electron chi connectivity index (χ1n) is 5.60. The predicted octanol–water partition coefficient (Wildman–Crippen LogP) is 4.28. The number of halogens is 1. The van der Waals surface area contributed by atoms with E-state index in [4.69, 9.17) is 5.73 Å². The molecule has 2 heteroatoms. The van der Waals surface area contributed by atoms with E-state index in [0.717, 1.165) is 16.8 Å². The number of nitrogens with two attached hydrogens (primary N) is 1. The summed E-state index contributed by atoms with van der Waals surface area (Å²) >= 11 is 3.43. The zero-order valence-corrected chi connectivity index (χ0v) is 11.1. The van der Waals surface area contributed by atoms with E-state index in [0.29, 0.717) is 0 Å². The molecule has 1 atom stereocenters. The Morgan fingerprint density at radius 2 is 1.73 bits per heavy atom. The second kappa shape index (κ2) is 6.29. The van der Waals surface area contributed by atoms with Gasteiger partial charge in [-0.1, -0.05) is 54.8 Å². The van der Waals surface area contributed by atoms with Crippen LogP contribution in [-0.4, -0.2) is 0 Å². The average molecular weight is 270 g/mol. The van der Waals surface area contributed by atoms with Crippen molar-refractivity contribution in [3.05, 3.63) is 34.3 Å². The molecule has 0 spiro atoms. The molecule has 0 aliphatic heterocycles. The molecule has 1 nitrogen and oxygen atoms in total. The van der Waals surface area contributed by atoms with Gasteiger partial charge in [0.25, 0.3) is 0 Å². The predicted molar refractivity (Wildman–Crippen MR) is 69.8 cm³/mol. The van der Waals surface area contributed by atoms with Gasteiger partial charge in [0, 0.05) is 10.5 Å². The van der Waals surface area contributed by atoms with E-state index in [1.807, 2.05) is 0 Å². The summed E-state index contributed by atoms with van der Waals surface area (Å²) in [5.41, 5.74) is 7.35. The first-order chi connectivity index (χ1) is 7.09. The molecule has 0 bridgehead atoms. The van der Waals surface area contributed by atoms with Gasteiger partial charge in [-0.05, 0) is 30.0 Å². The maximum absolute atomic E-state index is 6.12. The largest absolute Gasteiger partial charge is 0.324 e. The van der Waals surface area contributed by atoms with Gasteiger partial charge in [-0.25, -0.2) is 0 Å². The molecule has 1 rings (SSSR count). The third-order valence-electron chi connectivity index (χ3n) is 2.59. The first kappa shape index (κ1) is 12.7. The molecule has 1 aromatic carbocycles. The Labute approximate surface area is 101 Å². The lowest BCUT2D eigenvalue weighted by molar-refractivity contribution is 0.505. The minimum Gasteiger partial charge on any atom is -0.324 e. The second-order valence-corrected chi connectivity index (χ2v) is 5.40. The second-order valence-electron chi connectivity index (χ2n) is 4.48. The van der Waals surface area contributed by atoms with Crippen molar-refractivity contribution in [3.8, 4) is 0 Å². The molecule has 1 unspecified atom stereocenters. The van der Waals surface area contributed by atoms with Crippen LogP contribution < -0.4 is 5.73 Å². The van der Waals surface area contributed by atoms with Crippen LogP contribution in [0, 0.1) is 5.92 Å². The zero-order valence-electron chi connectivity index (χ0n) is 9.54. The normalized spacial score (nSPS) is 13.1. The Morgan fingerprint density at radius 1 is 1.13 bits per heavy atom. The summed E-state index contributed by atoms with van der Waals surface area (Å²) in [7, 11) is 0. The quantitative estimate of drug-likeness (QED) is 0.849. The Morgan fingerprint density at radius 3 is 2.27 bits per heavy atom. The highest BCUT2D eigenvalue weighted by atomic mass is 79.9. The summed E-state index contributed by atoms with van der Waals surface area (Å²) < 4.78 is 1.11. The molecule has 0 amide bonds. The van der Waals surface area contributed by atoms with E-state index in [-0.39, 0.29) is 6.04 Å². The van der Waals surface area contributed by atoms with Gasteiger partial charge < -0.3 is 5.73 Å². The molecule has 0 aliphatic rings. The Hall–Kier alpha value is -0.340. The van der Waals surface area contributed by atoms with Crippen LogP contribution in [-0.2, 0) is 0 Å². The third kappa shape index (κ3) is 4.80. The maximum atomic E-state index is 6.12. The van der Waals surface area contributed by atoms with Crippen LogP contribution in [0.4, 0.5) is 0 Å². The minimum atomic E-state index is 0.192. The Bertz CT molecular complexity index is 279. The minimum absolute atomic E-state index is 0.192. The van der Waals surface area contributed by atoms with E-state index in [2.05, 4.69) is 54.0 Å². The standard InChI is InChI=1S/C13H20BrN/c1-10(2)4-3-5-13(15)11-6-8-12(14)9-7-11/h6-10,13H,3-5,15H2,1-2H3. The number of hydrogen-bond donors (Lipinski definition) is 1. The summed E-state index contributed by atoms with van der Waals surface area (Å²) in [5, 5.41) is 0. The molecular weight excluding hydrogens is 250 g/mol. The summed E-state index contributed by atoms with van der Waals surface area (Å²) in [5.74, 6) is 0.780. The van der Waals surface area contributed by atoms with Gasteiger partial charge in [-0.2, -0.15) is 0 Å². The van der Waals surface area contributed by atoms with Crippen molar-refractivity contribution < 1.29 is 0 Å². The van der Waals surface area contributed by atoms with Crippen LogP contribution in [0.25, 0.3) is 0 Å². The van der Waals surface area contributed by atoms with E-state index in [9.17, 15) is 0 Å². The summed E-state index contributed by atoms with van der Waals surface area (Å²) in [6.45, 7) is 4.51. The molecule has 0 saturated carbocycles. The molecule has 0 aromatic heterocycles. The van der Waals surface area contributed by atoms with Crippen LogP contribution in [0.2, 0.25) is 0 Å². The van der Waals surface area contributed by atoms with Crippen molar-refractivity contribution >= 4 is 15.9 Å². The summed E-state index contributed by atoms with van der Waals surface area (Å²) in [6, 6.07) is 8.50. The highest BCUT2D eigenvalue weighted by Crippen LogP contribution is 2.20. The van der Waals surface area contributed by atoms with Crippen molar-refractivity contribution in [2.45, 2.75) is 39.2 Å². The summed E-state index contributed by atoms with van der Waals surface area (Å²) in [4.78, 5) is 0. The van der Waals surface area contributed by atoms with Gasteiger partial charge in [-0.15, -0.1) is 0 Å². The fraction of sp³-hybridized carbons (Fsp3) is 0.538. The number of hydrogen-bond acceptors (Lipinski definition) is 1. The average Bonchev–Trinajstić information content (AvgIpc) is 2.18. The van der Waals surface area contributed by atoms with Gasteiger partial charge in [0.1, 0.15) is 0 Å². The molecule has 0 aliphatic carbocycles. The lowest BCUT2D eigenvalue weighted by Gasteiger charge is -2.12. The SMILES string of the molecule is CC(C)CCCC(N)c1ccc(Br)cc1. The van der Waals surface area contributed by atoms with Gasteiger partial charge >= 0.3 is 0 Å². The van der Waals surface area contributed by atoms with E-state index in [1.54, 1.807) is 0 Å². The van der Waals surface area contributed by atoms with Crippen molar-refractivity contribution in [1.29, 1.82) is 0 Å². The van der Waals surface area contributed by atoms with Crippen molar-refractivity contribution in [3.63, 3.8) is 0 Å². The van der Waals surface area contributed by atoms with E-state index < -0.39 is 0 Å². The smallest absolute Gasteiger partial charge is 0.0294 e.